The Morgan fingerprint density at radius 3 is 2.85 bits per heavy atom. The molecule has 2 N–H and O–H groups in total. The van der Waals surface area contributed by atoms with Crippen LogP contribution in [0.2, 0.25) is 5.02 Å². The Morgan fingerprint density at radius 1 is 1.31 bits per heavy atom. The van der Waals surface area contributed by atoms with Crippen molar-refractivity contribution < 1.29 is 19.1 Å². The fraction of sp³-hybridized carbons (Fsp3) is 0.368. The minimum atomic E-state index is -0.330. The van der Waals surface area contributed by atoms with E-state index in [-0.39, 0.29) is 11.7 Å². The maximum atomic E-state index is 12.8. The van der Waals surface area contributed by atoms with Gasteiger partial charge in [-0.2, -0.15) is 0 Å². The number of para-hydroxylation sites is 1. The molecule has 138 valence electrons. The van der Waals surface area contributed by atoms with E-state index in [2.05, 4.69) is 10.3 Å². The number of methoxy groups -OCH3 is 1. The van der Waals surface area contributed by atoms with E-state index in [1.54, 1.807) is 32.2 Å². The Balaban J connectivity index is 1.85. The normalized spacial score (nSPS) is 13.4. The number of Topliss-reactive ketones (excluding diaryl/α,β-unsaturated/α-hetero) is 1. The number of halogens is 1. The number of anilines is 1. The fourth-order valence-electron chi connectivity index (χ4n) is 3.17. The van der Waals surface area contributed by atoms with Gasteiger partial charge in [0.2, 0.25) is 0 Å². The lowest BCUT2D eigenvalue weighted by atomic mass is 9.94. The molecule has 1 aliphatic rings. The Kier molecular flexibility index (Phi) is 5.64. The number of ketones is 1. The van der Waals surface area contributed by atoms with Crippen LogP contribution in [0.15, 0.2) is 18.2 Å². The third kappa shape index (κ3) is 3.61. The van der Waals surface area contributed by atoms with Crippen molar-refractivity contribution in [3.05, 3.63) is 45.7 Å². The minimum Gasteiger partial charge on any atom is -0.487 e. The molecule has 3 rings (SSSR count). The number of aromatic amines is 1. The Bertz CT molecular complexity index is 844. The van der Waals surface area contributed by atoms with Crippen LogP contribution in [0.5, 0.6) is 5.75 Å². The molecule has 0 saturated carbocycles. The Morgan fingerprint density at radius 2 is 2.12 bits per heavy atom. The van der Waals surface area contributed by atoms with Crippen LogP contribution in [0.4, 0.5) is 5.69 Å². The number of hydrogen-bond donors (Lipinski definition) is 2. The van der Waals surface area contributed by atoms with Crippen molar-refractivity contribution in [1.29, 1.82) is 0 Å². The summed E-state index contributed by atoms with van der Waals surface area (Å²) in [6.07, 6.45) is 2.11. The summed E-state index contributed by atoms with van der Waals surface area (Å²) < 4.78 is 10.6. The average molecular weight is 377 g/mol. The van der Waals surface area contributed by atoms with Crippen molar-refractivity contribution in [3.63, 3.8) is 0 Å². The molecule has 0 atom stereocenters. The number of benzene rings is 1. The fourth-order valence-corrected chi connectivity index (χ4v) is 3.40. The number of aromatic nitrogens is 1. The maximum Gasteiger partial charge on any atom is 0.272 e. The van der Waals surface area contributed by atoms with Gasteiger partial charge in [0.25, 0.3) is 5.91 Å². The summed E-state index contributed by atoms with van der Waals surface area (Å²) in [5.41, 5.74) is 3.05. The zero-order valence-corrected chi connectivity index (χ0v) is 15.5. The van der Waals surface area contributed by atoms with Gasteiger partial charge in [-0.15, -0.1) is 0 Å². The first-order valence-corrected chi connectivity index (χ1v) is 8.87. The van der Waals surface area contributed by atoms with Crippen molar-refractivity contribution in [2.24, 2.45) is 0 Å². The Labute approximate surface area is 156 Å². The first kappa shape index (κ1) is 18.5. The van der Waals surface area contributed by atoms with Crippen molar-refractivity contribution in [3.8, 4) is 5.75 Å². The molecule has 0 saturated heterocycles. The molecule has 0 spiro atoms. The molecule has 1 aromatic heterocycles. The van der Waals surface area contributed by atoms with Gasteiger partial charge >= 0.3 is 0 Å². The van der Waals surface area contributed by atoms with Gasteiger partial charge in [0.15, 0.2) is 11.5 Å². The van der Waals surface area contributed by atoms with Crippen LogP contribution in [0.25, 0.3) is 0 Å². The molecular formula is C19H21ClN2O4. The van der Waals surface area contributed by atoms with Crippen LogP contribution in [0.1, 0.15) is 44.9 Å². The summed E-state index contributed by atoms with van der Waals surface area (Å²) in [6, 6.07) is 5.14. The predicted octanol–water partition coefficient (Wildman–Crippen LogP) is 3.77. The first-order chi connectivity index (χ1) is 12.5. The van der Waals surface area contributed by atoms with Gasteiger partial charge in [-0.3, -0.25) is 9.59 Å². The summed E-state index contributed by atoms with van der Waals surface area (Å²) in [7, 11) is 1.58. The average Bonchev–Trinajstić information content (AvgIpc) is 2.95. The number of carbonyl (C=O) groups is 2. The quantitative estimate of drug-likeness (QED) is 0.752. The standard InChI is InChI=1S/C19H21ClN2O4/c1-11-16-13(6-4-8-15(16)23)21-17(11)19(24)22-14-7-3-5-12(20)18(14)26-10-9-25-2/h3,5,7,21H,4,6,8-10H2,1-2H3,(H,22,24). The number of nitrogens with one attached hydrogen (secondary N) is 2. The molecule has 0 aliphatic heterocycles. The summed E-state index contributed by atoms with van der Waals surface area (Å²) in [5, 5.41) is 3.23. The second kappa shape index (κ2) is 7.93. The third-order valence-corrected chi connectivity index (χ3v) is 4.71. The lowest BCUT2D eigenvalue weighted by Crippen LogP contribution is -2.15. The molecule has 7 heteroatoms. The van der Waals surface area contributed by atoms with Crippen LogP contribution < -0.4 is 10.1 Å². The Hall–Kier alpha value is -2.31. The molecular weight excluding hydrogens is 356 g/mol. The SMILES string of the molecule is COCCOc1c(Cl)cccc1NC(=O)c1[nH]c2c(c1C)C(=O)CCC2. The van der Waals surface area contributed by atoms with Gasteiger partial charge in [-0.05, 0) is 37.5 Å². The van der Waals surface area contributed by atoms with Gasteiger partial charge < -0.3 is 19.8 Å². The van der Waals surface area contributed by atoms with Crippen molar-refractivity contribution in [2.75, 3.05) is 25.6 Å². The summed E-state index contributed by atoms with van der Waals surface area (Å²) in [6.45, 7) is 2.51. The second-order valence-corrected chi connectivity index (χ2v) is 6.57. The smallest absolute Gasteiger partial charge is 0.272 e. The molecule has 1 aliphatic carbocycles. The van der Waals surface area contributed by atoms with E-state index in [1.807, 2.05) is 0 Å². The van der Waals surface area contributed by atoms with Gasteiger partial charge in [-0.25, -0.2) is 0 Å². The van der Waals surface area contributed by atoms with Crippen molar-refractivity contribution in [1.82, 2.24) is 4.98 Å². The van der Waals surface area contributed by atoms with E-state index < -0.39 is 0 Å². The number of rotatable bonds is 6. The minimum absolute atomic E-state index is 0.0883. The molecule has 26 heavy (non-hydrogen) atoms. The molecule has 1 heterocycles. The van der Waals surface area contributed by atoms with E-state index in [4.69, 9.17) is 21.1 Å². The number of amides is 1. The topological polar surface area (TPSA) is 80.4 Å². The highest BCUT2D eigenvalue weighted by molar-refractivity contribution is 6.32. The van der Waals surface area contributed by atoms with Crippen LogP contribution >= 0.6 is 11.6 Å². The second-order valence-electron chi connectivity index (χ2n) is 6.17. The zero-order valence-electron chi connectivity index (χ0n) is 14.8. The number of H-pyrrole nitrogens is 1. The number of carbonyl (C=O) groups excluding carboxylic acids is 2. The highest BCUT2D eigenvalue weighted by Gasteiger charge is 2.26. The molecule has 0 radical (unpaired) electrons. The lowest BCUT2D eigenvalue weighted by molar-refractivity contribution is 0.0971. The van der Waals surface area contributed by atoms with Gasteiger partial charge in [0.05, 0.1) is 17.3 Å². The highest BCUT2D eigenvalue weighted by Crippen LogP contribution is 2.34. The largest absolute Gasteiger partial charge is 0.487 e. The molecule has 0 fully saturated rings. The summed E-state index contributed by atoms with van der Waals surface area (Å²) in [5.74, 6) is 0.151. The van der Waals surface area contributed by atoms with E-state index in [0.29, 0.717) is 52.9 Å². The van der Waals surface area contributed by atoms with Crippen LogP contribution in [-0.2, 0) is 11.2 Å². The third-order valence-electron chi connectivity index (χ3n) is 4.41. The van der Waals surface area contributed by atoms with Crippen molar-refractivity contribution in [2.45, 2.75) is 26.2 Å². The van der Waals surface area contributed by atoms with Crippen LogP contribution in [0, 0.1) is 6.92 Å². The monoisotopic (exact) mass is 376 g/mol. The van der Waals surface area contributed by atoms with E-state index in [9.17, 15) is 9.59 Å². The summed E-state index contributed by atoms with van der Waals surface area (Å²) in [4.78, 5) is 28.0. The highest BCUT2D eigenvalue weighted by atomic mass is 35.5. The van der Waals surface area contributed by atoms with Crippen LogP contribution in [0.3, 0.4) is 0 Å². The van der Waals surface area contributed by atoms with Gasteiger partial charge in [0.1, 0.15) is 12.3 Å². The maximum absolute atomic E-state index is 12.8. The number of ether oxygens (including phenoxy) is 2. The summed E-state index contributed by atoms with van der Waals surface area (Å²) >= 11 is 6.20. The molecule has 1 aromatic carbocycles. The molecule has 2 aromatic rings. The number of fused-ring (bicyclic) bond motifs is 1. The van der Waals surface area contributed by atoms with Gasteiger partial charge in [-0.1, -0.05) is 17.7 Å². The van der Waals surface area contributed by atoms with E-state index >= 15 is 0 Å². The molecule has 0 bridgehead atoms. The first-order valence-electron chi connectivity index (χ1n) is 8.49. The van der Waals surface area contributed by atoms with E-state index in [1.165, 1.54) is 0 Å². The van der Waals surface area contributed by atoms with Gasteiger partial charge in [0, 0.05) is 24.8 Å². The van der Waals surface area contributed by atoms with Crippen LogP contribution in [-0.4, -0.2) is 37.0 Å². The molecule has 1 amide bonds. The van der Waals surface area contributed by atoms with Crippen molar-refractivity contribution >= 4 is 29.0 Å². The predicted molar refractivity (Wildman–Crippen MR) is 99.6 cm³/mol. The number of aryl methyl sites for hydroxylation is 1. The van der Waals surface area contributed by atoms with E-state index in [0.717, 1.165) is 18.5 Å². The molecule has 0 unspecified atom stereocenters. The molecule has 6 nitrogen and oxygen atoms in total. The zero-order chi connectivity index (χ0) is 18.7. The lowest BCUT2D eigenvalue weighted by Gasteiger charge is -2.13. The number of hydrogen-bond acceptors (Lipinski definition) is 4.